The molecule has 0 spiro atoms. The van der Waals surface area contributed by atoms with Gasteiger partial charge in [-0.2, -0.15) is 0 Å². The van der Waals surface area contributed by atoms with E-state index >= 15 is 0 Å². The Morgan fingerprint density at radius 2 is 1.66 bits per heavy atom. The highest BCUT2D eigenvalue weighted by atomic mass is 16.2. The maximum Gasteiger partial charge on any atom is 0.246 e. The minimum absolute atomic E-state index is 0.0754. The SMILES string of the molecule is CC(C)C[C@@H](C=O)NC(=O)[C@H](CCCN=C(N)N)NC(=O)[C@@H]1CCCN1C(=O)[C@@H]1CCCN1C(=O)[C@@H](N)Cc1ccccc1. The number of carbonyl (C=O) groups is 5. The molecule has 3 rings (SSSR count). The zero-order valence-electron chi connectivity index (χ0n) is 25.8. The van der Waals surface area contributed by atoms with Crippen LogP contribution in [0.4, 0.5) is 0 Å². The molecule has 0 radical (unpaired) electrons. The normalized spacial score (nSPS) is 20.1. The molecule has 2 saturated heterocycles. The van der Waals surface area contributed by atoms with Gasteiger partial charge >= 0.3 is 0 Å². The Morgan fingerprint density at radius 1 is 1.00 bits per heavy atom. The molecular formula is C31H48N8O5. The largest absolute Gasteiger partial charge is 0.370 e. The highest BCUT2D eigenvalue weighted by molar-refractivity contribution is 5.95. The van der Waals surface area contributed by atoms with Crippen LogP contribution in [0.25, 0.3) is 0 Å². The number of likely N-dealkylation sites (tertiary alicyclic amines) is 2. The Morgan fingerprint density at radius 3 is 2.30 bits per heavy atom. The van der Waals surface area contributed by atoms with Gasteiger partial charge in [0.25, 0.3) is 0 Å². The lowest BCUT2D eigenvalue weighted by Gasteiger charge is -2.32. The van der Waals surface area contributed by atoms with Gasteiger partial charge in [0.1, 0.15) is 24.4 Å². The second-order valence-corrected chi connectivity index (χ2v) is 12.1. The molecule has 0 unspecified atom stereocenters. The van der Waals surface area contributed by atoms with E-state index in [2.05, 4.69) is 15.6 Å². The van der Waals surface area contributed by atoms with E-state index in [-0.39, 0.29) is 36.7 Å². The van der Waals surface area contributed by atoms with Gasteiger partial charge < -0.3 is 42.4 Å². The molecule has 242 valence electrons. The van der Waals surface area contributed by atoms with Crippen molar-refractivity contribution >= 4 is 35.9 Å². The average molecular weight is 613 g/mol. The summed E-state index contributed by atoms with van der Waals surface area (Å²) in [4.78, 5) is 72.5. The molecule has 1 aromatic rings. The number of nitrogens with two attached hydrogens (primary N) is 3. The number of nitrogens with one attached hydrogen (secondary N) is 2. The fourth-order valence-corrected chi connectivity index (χ4v) is 5.93. The first-order valence-corrected chi connectivity index (χ1v) is 15.5. The molecule has 2 aliphatic heterocycles. The first kappa shape index (κ1) is 34.5. The van der Waals surface area contributed by atoms with Gasteiger partial charge in [0.15, 0.2) is 5.96 Å². The summed E-state index contributed by atoms with van der Waals surface area (Å²) < 4.78 is 0. The fourth-order valence-electron chi connectivity index (χ4n) is 5.93. The molecule has 44 heavy (non-hydrogen) atoms. The molecule has 1 aromatic carbocycles. The van der Waals surface area contributed by atoms with Crippen LogP contribution in [0.2, 0.25) is 0 Å². The van der Waals surface area contributed by atoms with Gasteiger partial charge in [-0.1, -0.05) is 44.2 Å². The molecule has 0 aromatic heterocycles. The zero-order valence-corrected chi connectivity index (χ0v) is 25.8. The molecule has 0 saturated carbocycles. The van der Waals surface area contributed by atoms with Crippen molar-refractivity contribution in [2.24, 2.45) is 28.1 Å². The van der Waals surface area contributed by atoms with E-state index in [1.54, 1.807) is 4.90 Å². The maximum atomic E-state index is 13.8. The highest BCUT2D eigenvalue weighted by Gasteiger charge is 2.43. The quantitative estimate of drug-likeness (QED) is 0.0774. The van der Waals surface area contributed by atoms with Crippen molar-refractivity contribution < 1.29 is 24.0 Å². The molecule has 0 bridgehead atoms. The Labute approximate surface area is 259 Å². The topological polar surface area (TPSA) is 206 Å². The van der Waals surface area contributed by atoms with Crippen molar-refractivity contribution in [2.75, 3.05) is 19.6 Å². The predicted molar refractivity (Wildman–Crippen MR) is 167 cm³/mol. The number of carbonyl (C=O) groups excluding carboxylic acids is 5. The van der Waals surface area contributed by atoms with E-state index in [1.165, 1.54) is 4.90 Å². The number of hydrogen-bond donors (Lipinski definition) is 5. The maximum absolute atomic E-state index is 13.8. The summed E-state index contributed by atoms with van der Waals surface area (Å²) >= 11 is 0. The first-order chi connectivity index (χ1) is 21.0. The minimum atomic E-state index is -0.954. The van der Waals surface area contributed by atoms with Crippen molar-refractivity contribution in [3.63, 3.8) is 0 Å². The van der Waals surface area contributed by atoms with E-state index in [0.29, 0.717) is 64.3 Å². The minimum Gasteiger partial charge on any atom is -0.370 e. The number of benzene rings is 1. The van der Waals surface area contributed by atoms with Crippen LogP contribution in [0.5, 0.6) is 0 Å². The van der Waals surface area contributed by atoms with Crippen LogP contribution >= 0.6 is 0 Å². The summed E-state index contributed by atoms with van der Waals surface area (Å²) in [5.74, 6) is -1.42. The second kappa shape index (κ2) is 16.7. The number of guanidine groups is 1. The molecule has 13 heteroatoms. The summed E-state index contributed by atoms with van der Waals surface area (Å²) in [5.41, 5.74) is 18.0. The van der Waals surface area contributed by atoms with E-state index in [4.69, 9.17) is 17.2 Å². The lowest BCUT2D eigenvalue weighted by atomic mass is 10.0. The monoisotopic (exact) mass is 612 g/mol. The number of aliphatic imine (C=N–C) groups is 1. The third kappa shape index (κ3) is 9.76. The van der Waals surface area contributed by atoms with Crippen LogP contribution in [0.1, 0.15) is 64.4 Å². The number of nitrogens with zero attached hydrogens (tertiary/aromatic N) is 3. The molecule has 2 heterocycles. The van der Waals surface area contributed by atoms with Crippen LogP contribution in [0, 0.1) is 5.92 Å². The number of aldehydes is 1. The van der Waals surface area contributed by atoms with E-state index in [1.807, 2.05) is 44.2 Å². The second-order valence-electron chi connectivity index (χ2n) is 12.1. The standard InChI is InChI=1S/C31H48N8O5/c1-20(2)17-22(19-40)36-27(41)24(11-6-14-35-31(33)34)37-28(42)25-12-7-15-38(25)30(44)26-13-8-16-39(26)29(43)23(32)18-21-9-4-3-5-10-21/h3-5,9-10,19-20,22-26H,6-8,11-18,32H2,1-2H3,(H,36,41)(H,37,42)(H4,33,34,35)/t22-,23-,24-,25-,26-/m0/s1. The Hall–Kier alpha value is -4.00. The zero-order chi connectivity index (χ0) is 32.2. The first-order valence-electron chi connectivity index (χ1n) is 15.5. The lowest BCUT2D eigenvalue weighted by Crippen LogP contribution is -2.57. The molecule has 13 nitrogen and oxygen atoms in total. The molecule has 2 aliphatic rings. The van der Waals surface area contributed by atoms with Crippen molar-refractivity contribution in [1.82, 2.24) is 20.4 Å². The van der Waals surface area contributed by atoms with Crippen molar-refractivity contribution in [3.05, 3.63) is 35.9 Å². The molecule has 0 aliphatic carbocycles. The summed E-state index contributed by atoms with van der Waals surface area (Å²) in [6, 6.07) is 5.57. The van der Waals surface area contributed by atoms with E-state index in [9.17, 15) is 24.0 Å². The summed E-state index contributed by atoms with van der Waals surface area (Å²) in [5, 5.41) is 5.54. The Kier molecular flexibility index (Phi) is 13.1. The predicted octanol–water partition coefficient (Wildman–Crippen LogP) is -0.193. The van der Waals surface area contributed by atoms with Gasteiger partial charge in [0, 0.05) is 19.6 Å². The molecular weight excluding hydrogens is 564 g/mol. The van der Waals surface area contributed by atoms with E-state index in [0.717, 1.165) is 5.56 Å². The third-order valence-electron chi connectivity index (χ3n) is 8.07. The highest BCUT2D eigenvalue weighted by Crippen LogP contribution is 2.26. The number of hydrogen-bond acceptors (Lipinski definition) is 7. The van der Waals surface area contributed by atoms with Crippen LogP contribution in [-0.2, 0) is 30.4 Å². The van der Waals surface area contributed by atoms with E-state index < -0.39 is 42.0 Å². The van der Waals surface area contributed by atoms with Gasteiger partial charge in [-0.15, -0.1) is 0 Å². The summed E-state index contributed by atoms with van der Waals surface area (Å²) in [6.07, 6.45) is 4.34. The van der Waals surface area contributed by atoms with Crippen LogP contribution in [0.3, 0.4) is 0 Å². The van der Waals surface area contributed by atoms with Crippen molar-refractivity contribution in [2.45, 2.75) is 95.4 Å². The fraction of sp³-hybridized carbons (Fsp3) is 0.613. The van der Waals surface area contributed by atoms with Gasteiger partial charge in [-0.3, -0.25) is 24.2 Å². The summed E-state index contributed by atoms with van der Waals surface area (Å²) in [7, 11) is 0. The molecule has 4 amide bonds. The van der Waals surface area contributed by atoms with Crippen LogP contribution in [0.15, 0.2) is 35.3 Å². The lowest BCUT2D eigenvalue weighted by molar-refractivity contribution is -0.147. The van der Waals surface area contributed by atoms with Crippen LogP contribution in [-0.4, -0.2) is 95.5 Å². The Bertz CT molecular complexity index is 1170. The Balaban J connectivity index is 1.68. The van der Waals surface area contributed by atoms with Gasteiger partial charge in [-0.25, -0.2) is 0 Å². The van der Waals surface area contributed by atoms with Crippen molar-refractivity contribution in [3.8, 4) is 0 Å². The average Bonchev–Trinajstić information content (AvgIpc) is 3.68. The number of amides is 4. The summed E-state index contributed by atoms with van der Waals surface area (Å²) in [6.45, 7) is 4.94. The molecule has 8 N–H and O–H groups in total. The molecule has 2 fully saturated rings. The van der Waals surface area contributed by atoms with Gasteiger partial charge in [0.2, 0.25) is 23.6 Å². The molecule has 5 atom stereocenters. The van der Waals surface area contributed by atoms with Gasteiger partial charge in [-0.05, 0) is 62.8 Å². The van der Waals surface area contributed by atoms with Crippen molar-refractivity contribution in [1.29, 1.82) is 0 Å². The smallest absolute Gasteiger partial charge is 0.246 e. The number of rotatable bonds is 15. The van der Waals surface area contributed by atoms with Crippen LogP contribution < -0.4 is 27.8 Å². The third-order valence-corrected chi connectivity index (χ3v) is 8.07. The van der Waals surface area contributed by atoms with Gasteiger partial charge in [0.05, 0.1) is 12.1 Å².